The molecule has 0 bridgehead atoms. The zero-order valence-electron chi connectivity index (χ0n) is 17.8. The number of amides is 1. The van der Waals surface area contributed by atoms with E-state index in [2.05, 4.69) is 5.32 Å². The SMILES string of the molecule is O=C(Nc1ccc(S(=O)(=O)N2CCc3ccccc32)cc1)c1ccc(-c2ccccc2)cc1. The number of carbonyl (C=O) groups is 1. The molecule has 6 heteroatoms. The molecule has 0 saturated carbocycles. The Morgan fingerprint density at radius 3 is 2.09 bits per heavy atom. The standard InChI is InChI=1S/C27H22N2O3S/c30-27(23-12-10-21(11-13-23)20-6-2-1-3-7-20)28-24-14-16-25(17-15-24)33(31,32)29-19-18-22-8-4-5-9-26(22)29/h1-17H,18-19H2,(H,28,30). The van der Waals surface area contributed by atoms with Crippen molar-refractivity contribution < 1.29 is 13.2 Å². The number of rotatable bonds is 5. The van der Waals surface area contributed by atoms with Crippen molar-refractivity contribution in [3.8, 4) is 11.1 Å². The van der Waals surface area contributed by atoms with Crippen molar-refractivity contribution in [2.24, 2.45) is 0 Å². The summed E-state index contributed by atoms with van der Waals surface area (Å²) in [6, 6.07) is 31.2. The molecule has 33 heavy (non-hydrogen) atoms. The number of nitrogens with zero attached hydrogens (tertiary/aromatic N) is 1. The smallest absolute Gasteiger partial charge is 0.264 e. The van der Waals surface area contributed by atoms with Gasteiger partial charge in [0.15, 0.2) is 0 Å². The van der Waals surface area contributed by atoms with Gasteiger partial charge in [-0.1, -0.05) is 60.7 Å². The summed E-state index contributed by atoms with van der Waals surface area (Å²) in [6.07, 6.45) is 0.701. The van der Waals surface area contributed by atoms with Gasteiger partial charge < -0.3 is 5.32 Å². The third-order valence-corrected chi connectivity index (χ3v) is 7.63. The molecule has 1 heterocycles. The number of sulfonamides is 1. The monoisotopic (exact) mass is 454 g/mol. The van der Waals surface area contributed by atoms with Crippen LogP contribution in [0, 0.1) is 0 Å². The van der Waals surface area contributed by atoms with Crippen LogP contribution in [0.3, 0.4) is 0 Å². The molecule has 0 aromatic heterocycles. The van der Waals surface area contributed by atoms with Gasteiger partial charge in [-0.2, -0.15) is 0 Å². The highest BCUT2D eigenvalue weighted by Gasteiger charge is 2.30. The van der Waals surface area contributed by atoms with Crippen LogP contribution >= 0.6 is 0 Å². The molecule has 4 aromatic carbocycles. The summed E-state index contributed by atoms with van der Waals surface area (Å²) in [5.41, 5.74) is 4.94. The van der Waals surface area contributed by atoms with Crippen LogP contribution in [0.5, 0.6) is 0 Å². The Hall–Kier alpha value is -3.90. The van der Waals surface area contributed by atoms with Crippen molar-refractivity contribution in [1.29, 1.82) is 0 Å². The largest absolute Gasteiger partial charge is 0.322 e. The molecule has 1 aliphatic heterocycles. The van der Waals surface area contributed by atoms with Gasteiger partial charge in [0, 0.05) is 17.8 Å². The number of anilines is 2. The fraction of sp³-hybridized carbons (Fsp3) is 0.0741. The summed E-state index contributed by atoms with van der Waals surface area (Å²) in [6.45, 7) is 0.430. The van der Waals surface area contributed by atoms with Crippen molar-refractivity contribution in [1.82, 2.24) is 0 Å². The minimum Gasteiger partial charge on any atom is -0.322 e. The summed E-state index contributed by atoms with van der Waals surface area (Å²) in [4.78, 5) is 12.9. The molecule has 0 radical (unpaired) electrons. The molecule has 0 saturated heterocycles. The van der Waals surface area contributed by atoms with Crippen molar-refractivity contribution in [2.45, 2.75) is 11.3 Å². The topological polar surface area (TPSA) is 66.5 Å². The van der Waals surface area contributed by atoms with Crippen LogP contribution in [0.25, 0.3) is 11.1 Å². The molecule has 5 rings (SSSR count). The van der Waals surface area contributed by atoms with Gasteiger partial charge in [-0.3, -0.25) is 9.10 Å². The first-order valence-electron chi connectivity index (χ1n) is 10.7. The van der Waals surface area contributed by atoms with Crippen LogP contribution in [0.1, 0.15) is 15.9 Å². The van der Waals surface area contributed by atoms with Gasteiger partial charge in [0.05, 0.1) is 10.6 Å². The maximum atomic E-state index is 13.1. The maximum absolute atomic E-state index is 13.1. The molecule has 1 amide bonds. The lowest BCUT2D eigenvalue weighted by Crippen LogP contribution is -2.29. The van der Waals surface area contributed by atoms with Gasteiger partial charge in [-0.05, 0) is 65.6 Å². The number of nitrogens with one attached hydrogen (secondary N) is 1. The second kappa shape index (κ2) is 8.56. The van der Waals surface area contributed by atoms with Gasteiger partial charge in [0.1, 0.15) is 0 Å². The molecular weight excluding hydrogens is 432 g/mol. The van der Waals surface area contributed by atoms with Crippen LogP contribution in [0.15, 0.2) is 108 Å². The lowest BCUT2D eigenvalue weighted by molar-refractivity contribution is 0.102. The second-order valence-electron chi connectivity index (χ2n) is 7.88. The Morgan fingerprint density at radius 1 is 0.727 bits per heavy atom. The zero-order valence-corrected chi connectivity index (χ0v) is 18.6. The highest BCUT2D eigenvalue weighted by Crippen LogP contribution is 2.33. The first-order chi connectivity index (χ1) is 16.0. The Bertz CT molecular complexity index is 1400. The lowest BCUT2D eigenvalue weighted by atomic mass is 10.0. The lowest BCUT2D eigenvalue weighted by Gasteiger charge is -2.19. The number of carbonyl (C=O) groups excluding carboxylic acids is 1. The Balaban J connectivity index is 1.30. The molecule has 164 valence electrons. The van der Waals surface area contributed by atoms with E-state index >= 15 is 0 Å². The number of hydrogen-bond acceptors (Lipinski definition) is 3. The molecule has 0 atom stereocenters. The van der Waals surface area contributed by atoms with E-state index in [1.54, 1.807) is 24.3 Å². The summed E-state index contributed by atoms with van der Waals surface area (Å²) in [5, 5.41) is 2.83. The van der Waals surface area contributed by atoms with E-state index in [1.807, 2.05) is 66.7 Å². The average molecular weight is 455 g/mol. The van der Waals surface area contributed by atoms with Crippen LogP contribution in [-0.2, 0) is 16.4 Å². The van der Waals surface area contributed by atoms with Crippen molar-refractivity contribution in [3.05, 3.63) is 114 Å². The molecular formula is C27H22N2O3S. The first-order valence-corrected chi connectivity index (χ1v) is 12.1. The van der Waals surface area contributed by atoms with Gasteiger partial charge in [-0.25, -0.2) is 8.42 Å². The van der Waals surface area contributed by atoms with Crippen molar-refractivity contribution in [3.63, 3.8) is 0 Å². The van der Waals surface area contributed by atoms with Gasteiger partial charge in [0.2, 0.25) is 0 Å². The molecule has 5 nitrogen and oxygen atoms in total. The Morgan fingerprint density at radius 2 is 1.36 bits per heavy atom. The molecule has 1 N–H and O–H groups in total. The summed E-state index contributed by atoms with van der Waals surface area (Å²) < 4.78 is 27.7. The fourth-order valence-electron chi connectivity index (χ4n) is 4.04. The normalized spacial score (nSPS) is 12.9. The molecule has 0 aliphatic carbocycles. The third-order valence-electron chi connectivity index (χ3n) is 5.80. The van der Waals surface area contributed by atoms with Gasteiger partial charge in [-0.15, -0.1) is 0 Å². The third kappa shape index (κ3) is 4.13. The maximum Gasteiger partial charge on any atom is 0.264 e. The van der Waals surface area contributed by atoms with E-state index in [4.69, 9.17) is 0 Å². The van der Waals surface area contributed by atoms with Gasteiger partial charge >= 0.3 is 0 Å². The van der Waals surface area contributed by atoms with Crippen molar-refractivity contribution in [2.75, 3.05) is 16.2 Å². The quantitative estimate of drug-likeness (QED) is 0.442. The fourth-order valence-corrected chi connectivity index (χ4v) is 5.55. The minimum absolute atomic E-state index is 0.199. The van der Waals surface area contributed by atoms with E-state index in [1.165, 1.54) is 16.4 Å². The van der Waals surface area contributed by atoms with E-state index in [9.17, 15) is 13.2 Å². The summed E-state index contributed by atoms with van der Waals surface area (Å²) >= 11 is 0. The molecule has 4 aromatic rings. The highest BCUT2D eigenvalue weighted by atomic mass is 32.2. The predicted molar refractivity (Wildman–Crippen MR) is 131 cm³/mol. The van der Waals surface area contributed by atoms with Gasteiger partial charge in [0.25, 0.3) is 15.9 Å². The van der Waals surface area contributed by atoms with E-state index in [0.717, 1.165) is 22.4 Å². The first kappa shape index (κ1) is 21.0. The van der Waals surface area contributed by atoms with Crippen LogP contribution < -0.4 is 9.62 Å². The average Bonchev–Trinajstić information content (AvgIpc) is 3.30. The summed E-state index contributed by atoms with van der Waals surface area (Å²) in [7, 11) is -3.66. The predicted octanol–water partition coefficient (Wildman–Crippen LogP) is 5.36. The second-order valence-corrected chi connectivity index (χ2v) is 9.74. The van der Waals surface area contributed by atoms with Crippen LogP contribution in [0.2, 0.25) is 0 Å². The van der Waals surface area contributed by atoms with Crippen LogP contribution in [-0.4, -0.2) is 20.9 Å². The zero-order chi connectivity index (χ0) is 22.8. The van der Waals surface area contributed by atoms with Crippen molar-refractivity contribution >= 4 is 27.3 Å². The minimum atomic E-state index is -3.66. The number of fused-ring (bicyclic) bond motifs is 1. The number of benzene rings is 4. The molecule has 0 fully saturated rings. The summed E-state index contributed by atoms with van der Waals surface area (Å²) in [5.74, 6) is -0.251. The number of para-hydroxylation sites is 1. The molecule has 0 spiro atoms. The van der Waals surface area contributed by atoms with Crippen LogP contribution in [0.4, 0.5) is 11.4 Å². The van der Waals surface area contributed by atoms with E-state index < -0.39 is 10.0 Å². The Labute approximate surface area is 193 Å². The Kier molecular flexibility index (Phi) is 5.44. The highest BCUT2D eigenvalue weighted by molar-refractivity contribution is 7.92. The molecule has 1 aliphatic rings. The van der Waals surface area contributed by atoms with E-state index in [-0.39, 0.29) is 10.8 Å². The van der Waals surface area contributed by atoms with E-state index in [0.29, 0.717) is 24.2 Å². The number of hydrogen-bond donors (Lipinski definition) is 1. The molecule has 0 unspecified atom stereocenters.